The second kappa shape index (κ2) is 8.11. The number of hydrogen-bond donors (Lipinski definition) is 1. The monoisotopic (exact) mass is 390 g/mol. The van der Waals surface area contributed by atoms with Gasteiger partial charge in [-0.2, -0.15) is 0 Å². The van der Waals surface area contributed by atoms with Gasteiger partial charge in [0.15, 0.2) is 11.5 Å². The SMILES string of the molecule is CCC(=O)C1=C(O)C(=O)N(c2ccc(N3CCCCC3)cc2)C1c1ccccc1. The smallest absolute Gasteiger partial charge is 0.294 e. The van der Waals surface area contributed by atoms with Crippen LogP contribution < -0.4 is 9.80 Å². The third-order valence-corrected chi connectivity index (χ3v) is 5.79. The van der Waals surface area contributed by atoms with Gasteiger partial charge in [-0.3, -0.25) is 14.5 Å². The maximum absolute atomic E-state index is 13.0. The third-order valence-electron chi connectivity index (χ3n) is 5.79. The van der Waals surface area contributed by atoms with Crippen molar-refractivity contribution in [2.75, 3.05) is 22.9 Å². The van der Waals surface area contributed by atoms with Crippen molar-refractivity contribution in [3.8, 4) is 0 Å². The number of rotatable bonds is 5. The predicted molar refractivity (Wildman–Crippen MR) is 114 cm³/mol. The van der Waals surface area contributed by atoms with Gasteiger partial charge in [-0.1, -0.05) is 37.3 Å². The molecule has 5 heteroatoms. The molecular weight excluding hydrogens is 364 g/mol. The Morgan fingerprint density at radius 2 is 1.59 bits per heavy atom. The maximum atomic E-state index is 13.0. The van der Waals surface area contributed by atoms with Crippen LogP contribution in [-0.2, 0) is 9.59 Å². The van der Waals surface area contributed by atoms with Crippen LogP contribution in [-0.4, -0.2) is 29.9 Å². The topological polar surface area (TPSA) is 60.9 Å². The normalized spacial score (nSPS) is 19.8. The van der Waals surface area contributed by atoms with Crippen LogP contribution in [0.1, 0.15) is 44.2 Å². The minimum absolute atomic E-state index is 0.184. The molecule has 1 N–H and O–H groups in total. The standard InChI is InChI=1S/C24H26N2O3/c1-2-20(27)21-22(17-9-5-3-6-10-17)26(24(29)23(21)28)19-13-11-18(12-14-19)25-15-7-4-8-16-25/h3,5-6,9-14,22,28H,2,4,7-8,15-16H2,1H3. The molecule has 0 radical (unpaired) electrons. The van der Waals surface area contributed by atoms with E-state index in [-0.39, 0.29) is 17.8 Å². The molecule has 2 aromatic carbocycles. The number of amides is 1. The van der Waals surface area contributed by atoms with Crippen molar-refractivity contribution in [2.45, 2.75) is 38.6 Å². The molecule has 2 aliphatic rings. The molecular formula is C24H26N2O3. The Hall–Kier alpha value is -3.08. The average molecular weight is 390 g/mol. The van der Waals surface area contributed by atoms with Crippen molar-refractivity contribution in [3.63, 3.8) is 0 Å². The largest absolute Gasteiger partial charge is 0.503 e. The van der Waals surface area contributed by atoms with Crippen LogP contribution in [0.4, 0.5) is 11.4 Å². The Kier molecular flexibility index (Phi) is 5.38. The molecule has 0 aliphatic carbocycles. The van der Waals surface area contributed by atoms with E-state index in [0.717, 1.165) is 24.3 Å². The zero-order valence-corrected chi connectivity index (χ0v) is 16.7. The summed E-state index contributed by atoms with van der Waals surface area (Å²) in [7, 11) is 0. The minimum atomic E-state index is -0.614. The highest BCUT2D eigenvalue weighted by Crippen LogP contribution is 2.41. The van der Waals surface area contributed by atoms with Crippen molar-refractivity contribution in [1.29, 1.82) is 0 Å². The van der Waals surface area contributed by atoms with E-state index < -0.39 is 17.7 Å². The number of hydrogen-bond acceptors (Lipinski definition) is 4. The molecule has 0 aromatic heterocycles. The summed E-state index contributed by atoms with van der Waals surface area (Å²) in [6.45, 7) is 3.84. The van der Waals surface area contributed by atoms with E-state index >= 15 is 0 Å². The van der Waals surface area contributed by atoms with E-state index in [9.17, 15) is 14.7 Å². The summed E-state index contributed by atoms with van der Waals surface area (Å²) in [5.74, 6) is -1.18. The van der Waals surface area contributed by atoms with Crippen LogP contribution in [0, 0.1) is 0 Å². The second-order valence-electron chi connectivity index (χ2n) is 7.59. The number of piperidine rings is 1. The van der Waals surface area contributed by atoms with Crippen LogP contribution >= 0.6 is 0 Å². The lowest BCUT2D eigenvalue weighted by Gasteiger charge is -2.30. The van der Waals surface area contributed by atoms with E-state index in [1.165, 1.54) is 24.2 Å². The maximum Gasteiger partial charge on any atom is 0.294 e. The first-order valence-corrected chi connectivity index (χ1v) is 10.3. The third kappa shape index (κ3) is 3.53. The molecule has 29 heavy (non-hydrogen) atoms. The van der Waals surface area contributed by atoms with Crippen molar-refractivity contribution < 1.29 is 14.7 Å². The molecule has 0 spiro atoms. The quantitative estimate of drug-likeness (QED) is 0.813. The van der Waals surface area contributed by atoms with E-state index in [4.69, 9.17) is 0 Å². The second-order valence-corrected chi connectivity index (χ2v) is 7.59. The number of anilines is 2. The lowest BCUT2D eigenvalue weighted by molar-refractivity contribution is -0.118. The molecule has 0 bridgehead atoms. The first-order chi connectivity index (χ1) is 14.1. The first-order valence-electron chi connectivity index (χ1n) is 10.3. The molecule has 1 fully saturated rings. The predicted octanol–water partition coefficient (Wildman–Crippen LogP) is 4.56. The van der Waals surface area contributed by atoms with Gasteiger partial charge in [0.2, 0.25) is 0 Å². The highest BCUT2D eigenvalue weighted by atomic mass is 16.3. The highest BCUT2D eigenvalue weighted by molar-refractivity contribution is 6.16. The van der Waals surface area contributed by atoms with Crippen LogP contribution in [0.3, 0.4) is 0 Å². The van der Waals surface area contributed by atoms with Gasteiger partial charge in [0.05, 0.1) is 11.6 Å². The molecule has 1 atom stereocenters. The molecule has 150 valence electrons. The number of carbonyl (C=O) groups is 2. The fourth-order valence-electron chi connectivity index (χ4n) is 4.27. The molecule has 2 heterocycles. The van der Waals surface area contributed by atoms with E-state index in [2.05, 4.69) is 4.90 Å². The van der Waals surface area contributed by atoms with Gasteiger partial charge >= 0.3 is 0 Å². The molecule has 2 aliphatic heterocycles. The molecule has 0 saturated carbocycles. The Morgan fingerprint density at radius 3 is 2.21 bits per heavy atom. The van der Waals surface area contributed by atoms with Gasteiger partial charge in [-0.05, 0) is 49.1 Å². The highest BCUT2D eigenvalue weighted by Gasteiger charge is 2.43. The van der Waals surface area contributed by atoms with Crippen molar-refractivity contribution in [1.82, 2.24) is 0 Å². The Morgan fingerprint density at radius 1 is 0.966 bits per heavy atom. The van der Waals surface area contributed by atoms with Crippen LogP contribution in [0.5, 0.6) is 0 Å². The number of aliphatic hydroxyl groups is 1. The summed E-state index contributed by atoms with van der Waals surface area (Å²) >= 11 is 0. The average Bonchev–Trinajstić information content (AvgIpc) is 3.05. The van der Waals surface area contributed by atoms with Crippen LogP contribution in [0.15, 0.2) is 65.9 Å². The molecule has 4 rings (SSSR count). The number of ketones is 1. The summed E-state index contributed by atoms with van der Waals surface area (Å²) in [5.41, 5.74) is 2.80. The summed E-state index contributed by atoms with van der Waals surface area (Å²) in [5, 5.41) is 10.5. The lowest BCUT2D eigenvalue weighted by atomic mass is 9.95. The molecule has 2 aromatic rings. The fraction of sp³-hybridized carbons (Fsp3) is 0.333. The summed E-state index contributed by atoms with van der Waals surface area (Å²) < 4.78 is 0. The molecule has 1 saturated heterocycles. The zero-order valence-electron chi connectivity index (χ0n) is 16.7. The van der Waals surface area contributed by atoms with Crippen molar-refractivity contribution >= 4 is 23.1 Å². The first kappa shape index (κ1) is 19.2. The number of benzene rings is 2. The number of nitrogens with zero attached hydrogens (tertiary/aromatic N) is 2. The van der Waals surface area contributed by atoms with Gasteiger partial charge in [-0.15, -0.1) is 0 Å². The minimum Gasteiger partial charge on any atom is -0.503 e. The van der Waals surface area contributed by atoms with Gasteiger partial charge in [-0.25, -0.2) is 0 Å². The lowest BCUT2D eigenvalue weighted by Crippen LogP contribution is -2.31. The van der Waals surface area contributed by atoms with E-state index in [1.807, 2.05) is 54.6 Å². The fourth-order valence-corrected chi connectivity index (χ4v) is 4.27. The molecule has 1 amide bonds. The van der Waals surface area contributed by atoms with E-state index in [1.54, 1.807) is 6.92 Å². The molecule has 5 nitrogen and oxygen atoms in total. The van der Waals surface area contributed by atoms with Gasteiger partial charge in [0, 0.05) is 30.9 Å². The van der Waals surface area contributed by atoms with Crippen LogP contribution in [0.25, 0.3) is 0 Å². The molecule has 1 unspecified atom stereocenters. The Bertz CT molecular complexity index is 928. The summed E-state index contributed by atoms with van der Waals surface area (Å²) in [6, 6.07) is 16.7. The van der Waals surface area contributed by atoms with Gasteiger partial charge < -0.3 is 10.0 Å². The van der Waals surface area contributed by atoms with E-state index in [0.29, 0.717) is 5.69 Å². The number of aliphatic hydroxyl groups excluding tert-OH is 1. The number of carbonyl (C=O) groups excluding carboxylic acids is 2. The summed E-state index contributed by atoms with van der Waals surface area (Å²) in [4.78, 5) is 29.4. The van der Waals surface area contributed by atoms with Crippen molar-refractivity contribution in [2.24, 2.45) is 0 Å². The Balaban J connectivity index is 1.71. The Labute approximate surface area is 171 Å². The zero-order chi connectivity index (χ0) is 20.4. The summed E-state index contributed by atoms with van der Waals surface area (Å²) in [6.07, 6.45) is 3.90. The van der Waals surface area contributed by atoms with Gasteiger partial charge in [0.25, 0.3) is 5.91 Å². The van der Waals surface area contributed by atoms with Gasteiger partial charge in [0.1, 0.15) is 0 Å². The van der Waals surface area contributed by atoms with Crippen molar-refractivity contribution in [3.05, 3.63) is 71.5 Å². The van der Waals surface area contributed by atoms with Crippen LogP contribution in [0.2, 0.25) is 0 Å². The number of Topliss-reactive ketones (excluding diaryl/α,β-unsaturated/α-hetero) is 1.